The Morgan fingerprint density at radius 3 is 2.60 bits per heavy atom. The normalized spacial score (nSPS) is 10.4. The SMILES string of the molecule is COc1c(N)cccc1-c1nnnn1-c1ccccc1. The number of anilines is 1. The van der Waals surface area contributed by atoms with Crippen molar-refractivity contribution in [3.8, 4) is 22.8 Å². The van der Waals surface area contributed by atoms with Crippen LogP contribution in [0, 0.1) is 0 Å². The molecule has 0 unspecified atom stereocenters. The van der Waals surface area contributed by atoms with E-state index in [-0.39, 0.29) is 0 Å². The zero-order valence-electron chi connectivity index (χ0n) is 10.9. The van der Waals surface area contributed by atoms with Gasteiger partial charge in [-0.15, -0.1) is 5.10 Å². The van der Waals surface area contributed by atoms with Crippen LogP contribution in [0.25, 0.3) is 17.1 Å². The Bertz CT molecular complexity index is 723. The molecule has 0 aliphatic heterocycles. The zero-order valence-corrected chi connectivity index (χ0v) is 10.9. The van der Waals surface area contributed by atoms with Crippen LogP contribution in [0.3, 0.4) is 0 Å². The third-order valence-corrected chi connectivity index (χ3v) is 2.96. The van der Waals surface area contributed by atoms with Crippen LogP contribution in [0.15, 0.2) is 48.5 Å². The second-order valence-electron chi connectivity index (χ2n) is 4.18. The summed E-state index contributed by atoms with van der Waals surface area (Å²) in [6.45, 7) is 0. The fourth-order valence-electron chi connectivity index (χ4n) is 2.06. The van der Waals surface area contributed by atoms with Gasteiger partial charge >= 0.3 is 0 Å². The van der Waals surface area contributed by atoms with E-state index in [1.807, 2.05) is 42.5 Å². The summed E-state index contributed by atoms with van der Waals surface area (Å²) in [4.78, 5) is 0. The largest absolute Gasteiger partial charge is 0.494 e. The summed E-state index contributed by atoms with van der Waals surface area (Å²) in [6, 6.07) is 15.1. The number of hydrogen-bond donors (Lipinski definition) is 1. The molecule has 3 aromatic rings. The molecule has 20 heavy (non-hydrogen) atoms. The Hall–Kier alpha value is -2.89. The summed E-state index contributed by atoms with van der Waals surface area (Å²) < 4.78 is 7.01. The Kier molecular flexibility index (Phi) is 3.04. The van der Waals surface area contributed by atoms with Gasteiger partial charge in [-0.1, -0.05) is 24.3 Å². The number of hydrogen-bond acceptors (Lipinski definition) is 5. The van der Waals surface area contributed by atoms with E-state index in [2.05, 4.69) is 15.5 Å². The first-order valence-corrected chi connectivity index (χ1v) is 6.08. The average Bonchev–Trinajstić information content (AvgIpc) is 2.97. The molecule has 0 saturated heterocycles. The minimum absolute atomic E-state index is 0.549. The molecular weight excluding hydrogens is 254 g/mol. The fourth-order valence-corrected chi connectivity index (χ4v) is 2.06. The first-order chi connectivity index (χ1) is 9.81. The van der Waals surface area contributed by atoms with Crippen molar-refractivity contribution in [2.45, 2.75) is 0 Å². The van der Waals surface area contributed by atoms with Crippen molar-refractivity contribution in [1.29, 1.82) is 0 Å². The Balaban J connectivity index is 2.18. The molecule has 0 saturated carbocycles. The van der Waals surface area contributed by atoms with E-state index in [1.54, 1.807) is 17.9 Å². The lowest BCUT2D eigenvalue weighted by Gasteiger charge is -2.10. The summed E-state index contributed by atoms with van der Waals surface area (Å²) in [5.74, 6) is 1.15. The summed E-state index contributed by atoms with van der Waals surface area (Å²) in [7, 11) is 1.58. The summed E-state index contributed by atoms with van der Waals surface area (Å²) in [6.07, 6.45) is 0. The lowest BCUT2D eigenvalue weighted by Crippen LogP contribution is -2.02. The molecule has 2 aromatic carbocycles. The molecule has 6 nitrogen and oxygen atoms in total. The van der Waals surface area contributed by atoms with Gasteiger partial charge in [0.25, 0.3) is 0 Å². The molecule has 0 aliphatic rings. The zero-order chi connectivity index (χ0) is 13.9. The van der Waals surface area contributed by atoms with Crippen molar-refractivity contribution < 1.29 is 4.74 Å². The van der Waals surface area contributed by atoms with Crippen LogP contribution in [0.1, 0.15) is 0 Å². The summed E-state index contributed by atoms with van der Waals surface area (Å²) in [5.41, 5.74) is 8.10. The van der Waals surface area contributed by atoms with E-state index in [4.69, 9.17) is 10.5 Å². The second kappa shape index (κ2) is 5.00. The second-order valence-corrected chi connectivity index (χ2v) is 4.18. The van der Waals surface area contributed by atoms with Crippen molar-refractivity contribution in [3.63, 3.8) is 0 Å². The monoisotopic (exact) mass is 267 g/mol. The molecule has 3 rings (SSSR count). The summed E-state index contributed by atoms with van der Waals surface area (Å²) >= 11 is 0. The number of tetrazole rings is 1. The number of benzene rings is 2. The van der Waals surface area contributed by atoms with Gasteiger partial charge in [-0.05, 0) is 34.7 Å². The van der Waals surface area contributed by atoms with Crippen LogP contribution in [0.2, 0.25) is 0 Å². The highest BCUT2D eigenvalue weighted by Crippen LogP contribution is 2.33. The lowest BCUT2D eigenvalue weighted by molar-refractivity contribution is 0.418. The number of rotatable bonds is 3. The minimum atomic E-state index is 0.549. The van der Waals surface area contributed by atoms with E-state index in [1.165, 1.54) is 0 Å². The topological polar surface area (TPSA) is 78.8 Å². The molecule has 6 heteroatoms. The maximum absolute atomic E-state index is 5.92. The minimum Gasteiger partial charge on any atom is -0.494 e. The molecule has 0 spiro atoms. The third kappa shape index (κ3) is 1.97. The lowest BCUT2D eigenvalue weighted by atomic mass is 10.1. The highest BCUT2D eigenvalue weighted by atomic mass is 16.5. The number of nitrogens with two attached hydrogens (primary N) is 1. The smallest absolute Gasteiger partial charge is 0.190 e. The molecule has 100 valence electrons. The van der Waals surface area contributed by atoms with Crippen LogP contribution >= 0.6 is 0 Å². The predicted octanol–water partition coefficient (Wildman–Crippen LogP) is 1.92. The summed E-state index contributed by atoms with van der Waals surface area (Å²) in [5, 5.41) is 11.9. The van der Waals surface area contributed by atoms with Gasteiger partial charge in [-0.3, -0.25) is 0 Å². The van der Waals surface area contributed by atoms with Gasteiger partial charge < -0.3 is 10.5 Å². The molecule has 1 aromatic heterocycles. The fraction of sp³-hybridized carbons (Fsp3) is 0.0714. The van der Waals surface area contributed by atoms with Crippen molar-refractivity contribution in [2.75, 3.05) is 12.8 Å². The van der Waals surface area contributed by atoms with E-state index in [9.17, 15) is 0 Å². The standard InChI is InChI=1S/C14H13N5O/c1-20-13-11(8-5-9-12(13)15)14-16-17-18-19(14)10-6-3-2-4-7-10/h2-9H,15H2,1H3. The molecule has 0 amide bonds. The molecule has 2 N–H and O–H groups in total. The number of nitrogens with zero attached hydrogens (tertiary/aromatic N) is 4. The van der Waals surface area contributed by atoms with Crippen LogP contribution in [-0.4, -0.2) is 27.3 Å². The van der Waals surface area contributed by atoms with Crippen LogP contribution in [0.5, 0.6) is 5.75 Å². The van der Waals surface area contributed by atoms with E-state index < -0.39 is 0 Å². The first kappa shape index (κ1) is 12.2. The molecule has 0 radical (unpaired) electrons. The molecule has 0 bridgehead atoms. The van der Waals surface area contributed by atoms with Gasteiger partial charge in [0, 0.05) is 0 Å². The highest BCUT2D eigenvalue weighted by molar-refractivity contribution is 5.73. The van der Waals surface area contributed by atoms with Crippen molar-refractivity contribution >= 4 is 5.69 Å². The van der Waals surface area contributed by atoms with Crippen LogP contribution in [-0.2, 0) is 0 Å². The number of ether oxygens (including phenoxy) is 1. The van der Waals surface area contributed by atoms with E-state index in [0.29, 0.717) is 17.3 Å². The predicted molar refractivity (Wildman–Crippen MR) is 75.6 cm³/mol. The Morgan fingerprint density at radius 1 is 1.05 bits per heavy atom. The van der Waals surface area contributed by atoms with Gasteiger partial charge in [-0.25, -0.2) is 0 Å². The van der Waals surface area contributed by atoms with Crippen LogP contribution in [0.4, 0.5) is 5.69 Å². The number of para-hydroxylation sites is 2. The first-order valence-electron chi connectivity index (χ1n) is 6.08. The third-order valence-electron chi connectivity index (χ3n) is 2.96. The molecular formula is C14H13N5O. The van der Waals surface area contributed by atoms with E-state index >= 15 is 0 Å². The number of nitrogen functional groups attached to an aromatic ring is 1. The number of aromatic nitrogens is 4. The maximum Gasteiger partial charge on any atom is 0.190 e. The van der Waals surface area contributed by atoms with Crippen molar-refractivity contribution in [3.05, 3.63) is 48.5 Å². The van der Waals surface area contributed by atoms with Crippen molar-refractivity contribution in [1.82, 2.24) is 20.2 Å². The van der Waals surface area contributed by atoms with Gasteiger partial charge in [0.05, 0.1) is 24.0 Å². The highest BCUT2D eigenvalue weighted by Gasteiger charge is 2.16. The molecule has 0 atom stereocenters. The van der Waals surface area contributed by atoms with Crippen LogP contribution < -0.4 is 10.5 Å². The van der Waals surface area contributed by atoms with Gasteiger partial charge in [0.2, 0.25) is 0 Å². The van der Waals surface area contributed by atoms with Gasteiger partial charge in [0.15, 0.2) is 11.6 Å². The maximum atomic E-state index is 5.92. The average molecular weight is 267 g/mol. The van der Waals surface area contributed by atoms with Gasteiger partial charge in [-0.2, -0.15) is 4.68 Å². The quantitative estimate of drug-likeness (QED) is 0.733. The van der Waals surface area contributed by atoms with Gasteiger partial charge in [0.1, 0.15) is 0 Å². The Morgan fingerprint density at radius 2 is 1.85 bits per heavy atom. The molecule has 1 heterocycles. The number of methoxy groups -OCH3 is 1. The molecule has 0 aliphatic carbocycles. The van der Waals surface area contributed by atoms with E-state index in [0.717, 1.165) is 11.3 Å². The van der Waals surface area contributed by atoms with Crippen molar-refractivity contribution in [2.24, 2.45) is 0 Å². The molecule has 0 fully saturated rings. The Labute approximate surface area is 115 Å².